The van der Waals surface area contributed by atoms with Gasteiger partial charge in [0.2, 0.25) is 0 Å². The second kappa shape index (κ2) is 4.67. The molecule has 0 aliphatic heterocycles. The van der Waals surface area contributed by atoms with Crippen molar-refractivity contribution in [2.24, 2.45) is 0 Å². The average molecular weight is 256 g/mol. The van der Waals surface area contributed by atoms with Crippen LogP contribution < -0.4 is 0 Å². The van der Waals surface area contributed by atoms with Crippen molar-refractivity contribution in [2.45, 2.75) is 11.2 Å². The van der Waals surface area contributed by atoms with E-state index in [1.807, 2.05) is 16.5 Å². The molecule has 1 unspecified atom stereocenters. The van der Waals surface area contributed by atoms with Gasteiger partial charge in [0.05, 0.1) is 0 Å². The van der Waals surface area contributed by atoms with Gasteiger partial charge >= 0.3 is 90.0 Å². The molecular weight excluding hydrogens is 248 g/mol. The van der Waals surface area contributed by atoms with Crippen LogP contribution >= 0.6 is 11.6 Å². The molecule has 0 heterocycles. The zero-order valence-corrected chi connectivity index (χ0v) is 9.68. The summed E-state index contributed by atoms with van der Waals surface area (Å²) in [6.07, 6.45) is 0. The van der Waals surface area contributed by atoms with E-state index in [4.69, 9.17) is 16.7 Å². The Labute approximate surface area is 90.1 Å². The van der Waals surface area contributed by atoms with E-state index in [1.165, 1.54) is 0 Å². The maximum atomic E-state index is 10.8. The number of hydrogen-bond acceptors (Lipinski definition) is 1. The average Bonchev–Trinajstić information content (AvgIpc) is 2.09. The molecular formula is C9H8ClGeO2. The molecule has 0 fully saturated rings. The molecule has 2 nitrogen and oxygen atoms in total. The first-order valence-electron chi connectivity index (χ1n) is 3.78. The van der Waals surface area contributed by atoms with Crippen LogP contribution in [0.3, 0.4) is 0 Å². The third-order valence-electron chi connectivity index (χ3n) is 1.78. The number of hydrogen-bond donors (Lipinski definition) is 1. The van der Waals surface area contributed by atoms with Crippen molar-refractivity contribution in [1.29, 1.82) is 0 Å². The van der Waals surface area contributed by atoms with Crippen LogP contribution in [0.4, 0.5) is 0 Å². The van der Waals surface area contributed by atoms with Crippen molar-refractivity contribution < 1.29 is 9.90 Å². The third kappa shape index (κ3) is 2.48. The van der Waals surface area contributed by atoms with Crippen LogP contribution in [-0.4, -0.2) is 27.6 Å². The number of rotatable bonds is 3. The van der Waals surface area contributed by atoms with Gasteiger partial charge < -0.3 is 0 Å². The summed E-state index contributed by atoms with van der Waals surface area (Å²) in [6, 6.07) is 7.06. The van der Waals surface area contributed by atoms with E-state index < -0.39 is 11.9 Å². The molecule has 0 bridgehead atoms. The van der Waals surface area contributed by atoms with E-state index in [9.17, 15) is 4.79 Å². The number of carboxylic acids is 1. The Hall–Kier alpha value is -0.477. The van der Waals surface area contributed by atoms with Crippen LogP contribution in [0, 0.1) is 0 Å². The molecule has 1 aromatic rings. The first-order valence-corrected chi connectivity index (χ1v) is 5.64. The third-order valence-corrected chi connectivity index (χ3v) is 2.98. The summed E-state index contributed by atoms with van der Waals surface area (Å²) in [5.41, 5.74) is 0.694. The van der Waals surface area contributed by atoms with E-state index in [0.29, 0.717) is 15.8 Å². The molecule has 3 radical (unpaired) electrons. The summed E-state index contributed by atoms with van der Waals surface area (Å²) in [7, 11) is 0. The van der Waals surface area contributed by atoms with Gasteiger partial charge in [-0.05, 0) is 0 Å². The van der Waals surface area contributed by atoms with Crippen molar-refractivity contribution in [3.8, 4) is 0 Å². The molecule has 0 aromatic heterocycles. The fraction of sp³-hybridized carbons (Fsp3) is 0.222. The molecule has 4 heteroatoms. The van der Waals surface area contributed by atoms with Crippen molar-refractivity contribution in [2.75, 3.05) is 0 Å². The molecule has 0 saturated heterocycles. The van der Waals surface area contributed by atoms with Crippen LogP contribution in [-0.2, 0) is 4.79 Å². The molecule has 0 aliphatic rings. The Morgan fingerprint density at radius 3 is 2.62 bits per heavy atom. The van der Waals surface area contributed by atoms with Gasteiger partial charge in [-0.25, -0.2) is 0 Å². The van der Waals surface area contributed by atoms with Crippen molar-refractivity contribution in [3.05, 3.63) is 34.9 Å². The van der Waals surface area contributed by atoms with E-state index in [-0.39, 0.29) is 0 Å². The topological polar surface area (TPSA) is 37.3 Å². The second-order valence-corrected chi connectivity index (χ2v) is 3.88. The standard InChI is InChI=1S/C9H8ClGeO2/c10-8-4-2-1-3-6(8)7(5-11)9(12)13/h1-4,7H,5H2,(H,12,13). The summed E-state index contributed by atoms with van der Waals surface area (Å²) in [5, 5.41) is 9.97. The van der Waals surface area contributed by atoms with Crippen LogP contribution in [0.15, 0.2) is 24.3 Å². The zero-order chi connectivity index (χ0) is 9.84. The minimum atomic E-state index is -0.824. The molecule has 1 N–H and O–H groups in total. The molecule has 1 aromatic carbocycles. The normalized spacial score (nSPS) is 12.5. The number of halogens is 1. The summed E-state index contributed by atoms with van der Waals surface area (Å²) < 4.78 is 0. The Morgan fingerprint density at radius 2 is 2.15 bits per heavy atom. The van der Waals surface area contributed by atoms with E-state index in [0.717, 1.165) is 0 Å². The van der Waals surface area contributed by atoms with Crippen LogP contribution in [0.25, 0.3) is 0 Å². The number of aliphatic carboxylic acids is 1. The zero-order valence-electron chi connectivity index (χ0n) is 6.83. The Bertz CT molecular complexity index is 314. The summed E-state index contributed by atoms with van der Waals surface area (Å²) in [5.74, 6) is -1.32. The molecule has 0 amide bonds. The van der Waals surface area contributed by atoms with Gasteiger partial charge in [-0.3, -0.25) is 0 Å². The molecule has 67 valence electrons. The van der Waals surface area contributed by atoms with Crippen molar-refractivity contribution in [3.63, 3.8) is 0 Å². The Kier molecular flexibility index (Phi) is 3.81. The molecule has 0 aliphatic carbocycles. The van der Waals surface area contributed by atoms with Gasteiger partial charge in [0, 0.05) is 0 Å². The fourth-order valence-electron chi connectivity index (χ4n) is 1.09. The quantitative estimate of drug-likeness (QED) is 0.841. The molecule has 0 saturated carbocycles. The van der Waals surface area contributed by atoms with E-state index in [2.05, 4.69) is 0 Å². The van der Waals surface area contributed by atoms with Gasteiger partial charge in [0.15, 0.2) is 0 Å². The van der Waals surface area contributed by atoms with Gasteiger partial charge in [0.1, 0.15) is 0 Å². The fourth-order valence-corrected chi connectivity index (χ4v) is 2.18. The minimum absolute atomic E-state index is 0.492. The molecule has 0 spiro atoms. The Morgan fingerprint density at radius 1 is 1.54 bits per heavy atom. The number of carboxylic acid groups (broad SMARTS) is 1. The first kappa shape index (κ1) is 10.6. The monoisotopic (exact) mass is 257 g/mol. The maximum absolute atomic E-state index is 10.8. The Balaban J connectivity index is 3.04. The predicted molar refractivity (Wildman–Crippen MR) is 52.4 cm³/mol. The predicted octanol–water partition coefficient (Wildman–Crippen LogP) is 2.09. The molecule has 13 heavy (non-hydrogen) atoms. The summed E-state index contributed by atoms with van der Waals surface area (Å²) in [4.78, 5) is 10.8. The number of benzene rings is 1. The van der Waals surface area contributed by atoms with Crippen molar-refractivity contribution >= 4 is 34.1 Å². The molecule has 1 rings (SSSR count). The van der Waals surface area contributed by atoms with E-state index >= 15 is 0 Å². The molecule has 1 atom stereocenters. The first-order chi connectivity index (χ1) is 6.16. The van der Waals surface area contributed by atoms with Crippen LogP contribution in [0.5, 0.6) is 0 Å². The van der Waals surface area contributed by atoms with Crippen LogP contribution in [0.1, 0.15) is 11.5 Å². The van der Waals surface area contributed by atoms with Gasteiger partial charge in [-0.15, -0.1) is 0 Å². The SMILES string of the molecule is O=C(O)C([CH2][Ge])c1ccccc1Cl. The van der Waals surface area contributed by atoms with E-state index in [1.54, 1.807) is 24.3 Å². The van der Waals surface area contributed by atoms with Crippen molar-refractivity contribution in [1.82, 2.24) is 0 Å². The number of carbonyl (C=O) groups is 1. The second-order valence-electron chi connectivity index (χ2n) is 2.62. The summed E-state index contributed by atoms with van der Waals surface area (Å²) >= 11 is 7.71. The van der Waals surface area contributed by atoms with Crippen LogP contribution in [0.2, 0.25) is 10.3 Å². The van der Waals surface area contributed by atoms with Gasteiger partial charge in [-0.1, -0.05) is 0 Å². The van der Waals surface area contributed by atoms with Gasteiger partial charge in [-0.2, -0.15) is 0 Å². The van der Waals surface area contributed by atoms with Gasteiger partial charge in [0.25, 0.3) is 0 Å². The summed E-state index contributed by atoms with van der Waals surface area (Å²) in [6.45, 7) is 0.